The summed E-state index contributed by atoms with van der Waals surface area (Å²) < 4.78 is 19.4. The molecule has 0 radical (unpaired) electrons. The van der Waals surface area contributed by atoms with Crippen molar-refractivity contribution in [2.24, 2.45) is 11.8 Å². The second kappa shape index (κ2) is 8.82. The molecule has 2 aromatic heterocycles. The van der Waals surface area contributed by atoms with E-state index in [2.05, 4.69) is 40.3 Å². The molecule has 1 aromatic carbocycles. The van der Waals surface area contributed by atoms with Gasteiger partial charge in [0.25, 0.3) is 5.91 Å². The Balaban J connectivity index is 1.27. The Morgan fingerprint density at radius 1 is 1.30 bits per heavy atom. The molecule has 1 saturated heterocycles. The molecule has 2 aliphatic heterocycles. The second-order valence-electron chi connectivity index (χ2n) is 9.12. The molecular weight excluding hydrogens is 439 g/mol. The Morgan fingerprint density at radius 3 is 2.88 bits per heavy atom. The van der Waals surface area contributed by atoms with Crippen LogP contribution in [0.15, 0.2) is 30.3 Å². The van der Waals surface area contributed by atoms with E-state index < -0.39 is 0 Å². The number of pyridine rings is 1. The number of anilines is 2. The van der Waals surface area contributed by atoms with Crippen molar-refractivity contribution in [3.8, 4) is 5.75 Å². The van der Waals surface area contributed by atoms with Crippen LogP contribution in [0.5, 0.6) is 5.75 Å². The maximum Gasteiger partial charge on any atom is 0.263 e. The number of benzene rings is 1. The molecule has 1 amide bonds. The van der Waals surface area contributed by atoms with Gasteiger partial charge in [0.2, 0.25) is 0 Å². The van der Waals surface area contributed by atoms with Crippen LogP contribution >= 0.6 is 11.3 Å². The monoisotopic (exact) mass is 468 g/mol. The molecule has 174 valence electrons. The first-order chi connectivity index (χ1) is 16.0. The summed E-state index contributed by atoms with van der Waals surface area (Å²) in [5, 5.41) is 3.89. The number of alkyl halides is 1. The molecular formula is C25H29FN4O2S. The highest BCUT2D eigenvalue weighted by Gasteiger charge is 2.32. The van der Waals surface area contributed by atoms with E-state index in [0.717, 1.165) is 52.4 Å². The summed E-state index contributed by atoms with van der Waals surface area (Å²) >= 11 is 1.32. The fraction of sp³-hybridized carbons (Fsp3) is 0.440. The second-order valence-corrected chi connectivity index (χ2v) is 10.1. The van der Waals surface area contributed by atoms with Crippen molar-refractivity contribution >= 4 is 38.8 Å². The quantitative estimate of drug-likeness (QED) is 0.582. The van der Waals surface area contributed by atoms with Crippen LogP contribution in [0.2, 0.25) is 0 Å². The number of carbonyl (C=O) groups is 1. The number of hydrogen-bond donors (Lipinski definition) is 2. The van der Waals surface area contributed by atoms with E-state index in [1.54, 1.807) is 0 Å². The number of carbonyl (C=O) groups excluding carboxylic acids is 1. The number of nitrogens with zero attached hydrogens (tertiary/aromatic N) is 2. The van der Waals surface area contributed by atoms with Gasteiger partial charge in [0.15, 0.2) is 0 Å². The van der Waals surface area contributed by atoms with Crippen molar-refractivity contribution in [1.29, 1.82) is 0 Å². The van der Waals surface area contributed by atoms with Crippen LogP contribution in [-0.4, -0.2) is 43.3 Å². The van der Waals surface area contributed by atoms with Crippen LogP contribution in [-0.2, 0) is 6.42 Å². The van der Waals surface area contributed by atoms with Crippen molar-refractivity contribution < 1.29 is 13.9 Å². The van der Waals surface area contributed by atoms with Crippen LogP contribution in [0, 0.1) is 18.8 Å². The molecule has 0 unspecified atom stereocenters. The Morgan fingerprint density at radius 2 is 2.12 bits per heavy atom. The predicted octanol–water partition coefficient (Wildman–Crippen LogP) is 4.35. The average molecular weight is 469 g/mol. The zero-order valence-corrected chi connectivity index (χ0v) is 19.8. The number of nitrogens with two attached hydrogens (primary N) is 1. The average Bonchev–Trinajstić information content (AvgIpc) is 3.39. The molecule has 0 aliphatic carbocycles. The molecule has 33 heavy (non-hydrogen) atoms. The minimum atomic E-state index is -0.266. The molecule has 3 atom stereocenters. The number of halogens is 1. The zero-order chi connectivity index (χ0) is 23.1. The maximum atomic E-state index is 13.4. The lowest BCUT2D eigenvalue weighted by atomic mass is 9.95. The first-order valence-electron chi connectivity index (χ1n) is 11.5. The normalized spacial score (nSPS) is 22.3. The van der Waals surface area contributed by atoms with Crippen LogP contribution in [0.1, 0.15) is 34.3 Å². The molecule has 6 nitrogen and oxygen atoms in total. The number of fused-ring (bicyclic) bond motifs is 2. The van der Waals surface area contributed by atoms with Gasteiger partial charge in [-0.15, -0.1) is 11.3 Å². The molecule has 0 spiro atoms. The lowest BCUT2D eigenvalue weighted by Gasteiger charge is -2.28. The van der Waals surface area contributed by atoms with Gasteiger partial charge in [-0.2, -0.15) is 0 Å². The number of amides is 1. The van der Waals surface area contributed by atoms with Gasteiger partial charge in [-0.1, -0.05) is 19.4 Å². The number of ether oxygens (including phenoxy) is 1. The molecule has 0 bridgehead atoms. The molecule has 5 rings (SSSR count). The SMILES string of the molecule is CC[C@@H]1CN(c2ccc3c(c2)OC[C@H](NC(=O)c2sc4nc(C)ccc4c2N)C3)C[C@@H]1CF. The third kappa shape index (κ3) is 4.12. The summed E-state index contributed by atoms with van der Waals surface area (Å²) in [5.74, 6) is 1.15. The standard InChI is InChI=1S/C25H29FN4O2S/c1-3-15-11-30(12-17(15)10-26)19-6-5-16-8-18(13-32-21(16)9-19)29-24(31)23-22(27)20-7-4-14(2)28-25(20)33-23/h4-7,9,15,17-18H,3,8,10-13,27H2,1-2H3,(H,29,31)/t15-,17+,18-/m1/s1. The Bertz CT molecular complexity index is 1180. The Labute approximate surface area is 196 Å². The fourth-order valence-electron chi connectivity index (χ4n) is 4.95. The van der Waals surface area contributed by atoms with Gasteiger partial charge in [0.1, 0.15) is 22.1 Å². The Hall–Kier alpha value is -2.87. The van der Waals surface area contributed by atoms with Crippen molar-refractivity contribution in [3.63, 3.8) is 0 Å². The largest absolute Gasteiger partial charge is 0.491 e. The molecule has 1 fully saturated rings. The summed E-state index contributed by atoms with van der Waals surface area (Å²) in [6.45, 7) is 5.81. The van der Waals surface area contributed by atoms with Crippen molar-refractivity contribution in [2.75, 3.05) is 37.0 Å². The van der Waals surface area contributed by atoms with Gasteiger partial charge < -0.3 is 20.7 Å². The first-order valence-corrected chi connectivity index (χ1v) is 12.3. The predicted molar refractivity (Wildman–Crippen MR) is 131 cm³/mol. The smallest absolute Gasteiger partial charge is 0.263 e. The molecule has 4 heterocycles. The van der Waals surface area contributed by atoms with E-state index >= 15 is 0 Å². The van der Waals surface area contributed by atoms with Gasteiger partial charge in [-0.05, 0) is 43.0 Å². The van der Waals surface area contributed by atoms with Gasteiger partial charge in [-0.3, -0.25) is 9.18 Å². The Kier molecular flexibility index (Phi) is 5.86. The summed E-state index contributed by atoms with van der Waals surface area (Å²) in [4.78, 5) is 21.0. The van der Waals surface area contributed by atoms with Crippen molar-refractivity contribution in [3.05, 3.63) is 46.5 Å². The van der Waals surface area contributed by atoms with Gasteiger partial charge in [0.05, 0.1) is 18.4 Å². The fourth-order valence-corrected chi connectivity index (χ4v) is 5.99. The minimum absolute atomic E-state index is 0.104. The van der Waals surface area contributed by atoms with E-state index in [9.17, 15) is 9.18 Å². The number of rotatable bonds is 5. The zero-order valence-electron chi connectivity index (χ0n) is 18.9. The number of aryl methyl sites for hydroxylation is 1. The summed E-state index contributed by atoms with van der Waals surface area (Å²) in [7, 11) is 0. The third-order valence-electron chi connectivity index (χ3n) is 6.90. The highest BCUT2D eigenvalue weighted by Crippen LogP contribution is 2.36. The number of nitrogens with one attached hydrogen (secondary N) is 1. The topological polar surface area (TPSA) is 80.5 Å². The third-order valence-corrected chi connectivity index (χ3v) is 8.01. The van der Waals surface area contributed by atoms with Gasteiger partial charge in [-0.25, -0.2) is 4.98 Å². The molecule has 3 aromatic rings. The lowest BCUT2D eigenvalue weighted by molar-refractivity contribution is 0.0920. The number of nitrogen functional groups attached to an aromatic ring is 1. The highest BCUT2D eigenvalue weighted by molar-refractivity contribution is 7.21. The molecule has 3 N–H and O–H groups in total. The molecule has 0 saturated carbocycles. The summed E-state index contributed by atoms with van der Waals surface area (Å²) in [6.07, 6.45) is 1.68. The maximum absolute atomic E-state index is 13.4. The van der Waals surface area contributed by atoms with Crippen LogP contribution in [0.3, 0.4) is 0 Å². The van der Waals surface area contributed by atoms with Crippen LogP contribution < -0.4 is 20.7 Å². The van der Waals surface area contributed by atoms with Gasteiger partial charge in [0, 0.05) is 41.8 Å². The van der Waals surface area contributed by atoms with E-state index in [1.807, 2.05) is 19.1 Å². The minimum Gasteiger partial charge on any atom is -0.491 e. The first kappa shape index (κ1) is 21.9. The summed E-state index contributed by atoms with van der Waals surface area (Å²) in [5.41, 5.74) is 9.74. The lowest BCUT2D eigenvalue weighted by Crippen LogP contribution is -2.42. The van der Waals surface area contributed by atoms with E-state index in [1.165, 1.54) is 11.3 Å². The van der Waals surface area contributed by atoms with E-state index in [0.29, 0.717) is 29.5 Å². The molecule has 2 aliphatic rings. The number of thiophene rings is 1. The number of hydrogen-bond acceptors (Lipinski definition) is 6. The van der Waals surface area contributed by atoms with Crippen molar-refractivity contribution in [2.45, 2.75) is 32.7 Å². The number of aromatic nitrogens is 1. The van der Waals surface area contributed by atoms with Crippen molar-refractivity contribution in [1.82, 2.24) is 10.3 Å². The van der Waals surface area contributed by atoms with E-state index in [-0.39, 0.29) is 24.5 Å². The van der Waals surface area contributed by atoms with E-state index in [4.69, 9.17) is 10.5 Å². The van der Waals surface area contributed by atoms with Gasteiger partial charge >= 0.3 is 0 Å². The van der Waals surface area contributed by atoms with Crippen LogP contribution in [0.25, 0.3) is 10.2 Å². The van der Waals surface area contributed by atoms with Crippen LogP contribution in [0.4, 0.5) is 15.8 Å². The molecule has 8 heteroatoms. The highest BCUT2D eigenvalue weighted by atomic mass is 32.1. The summed E-state index contributed by atoms with van der Waals surface area (Å²) in [6, 6.07) is 9.87.